The second kappa shape index (κ2) is 6.27. The highest BCUT2D eigenvalue weighted by Gasteiger charge is 2.13. The lowest BCUT2D eigenvalue weighted by molar-refractivity contribution is 0.223. The number of rotatable bonds is 4. The van der Waals surface area contributed by atoms with Crippen molar-refractivity contribution in [2.75, 3.05) is 19.7 Å². The molecule has 0 atom stereocenters. The summed E-state index contributed by atoms with van der Waals surface area (Å²) in [5.41, 5.74) is 1.27. The molecular weight excluding hydrogens is 212 g/mol. The maximum atomic E-state index is 8.49. The van der Waals surface area contributed by atoms with Gasteiger partial charge in [-0.1, -0.05) is 18.2 Å². The fraction of sp³-hybridized carbons (Fsp3) is 0.500. The lowest BCUT2D eigenvalue weighted by Gasteiger charge is -2.18. The van der Waals surface area contributed by atoms with Crippen LogP contribution < -0.4 is 4.74 Å². The minimum absolute atomic E-state index is 0.668. The van der Waals surface area contributed by atoms with Crippen LogP contribution in [0.2, 0.25) is 0 Å². The molecule has 0 spiro atoms. The molecule has 0 amide bonds. The van der Waals surface area contributed by atoms with E-state index < -0.39 is 0 Å². The lowest BCUT2D eigenvalue weighted by Crippen LogP contribution is -2.26. The minimum Gasteiger partial charge on any atom is -0.492 e. The molecule has 1 aliphatic rings. The molecule has 0 saturated heterocycles. The predicted octanol–water partition coefficient (Wildman–Crippen LogP) is 2.57. The Kier molecular flexibility index (Phi) is 4.40. The van der Waals surface area contributed by atoms with Gasteiger partial charge in [-0.3, -0.25) is 4.90 Å². The third-order valence-corrected chi connectivity index (χ3v) is 3.04. The zero-order valence-electron chi connectivity index (χ0n) is 10.1. The number of hydrogen-bond donors (Lipinski definition) is 0. The van der Waals surface area contributed by atoms with Crippen molar-refractivity contribution in [1.29, 1.82) is 5.26 Å². The molecule has 17 heavy (non-hydrogen) atoms. The van der Waals surface area contributed by atoms with Crippen molar-refractivity contribution < 1.29 is 4.74 Å². The molecule has 0 unspecified atom stereocenters. The summed E-state index contributed by atoms with van der Waals surface area (Å²) in [4.78, 5) is 2.41. The average molecular weight is 230 g/mol. The Balaban J connectivity index is 1.88. The Morgan fingerprint density at radius 1 is 1.29 bits per heavy atom. The molecule has 3 nitrogen and oxygen atoms in total. The SMILES string of the molecule is N#CCCCCN1CCOc2ccccc2C1. The van der Waals surface area contributed by atoms with Crippen LogP contribution in [0.15, 0.2) is 24.3 Å². The van der Waals surface area contributed by atoms with Gasteiger partial charge in [0, 0.05) is 25.1 Å². The molecule has 0 aliphatic carbocycles. The first-order valence-electron chi connectivity index (χ1n) is 6.20. The van der Waals surface area contributed by atoms with Crippen LogP contribution >= 0.6 is 0 Å². The highest BCUT2D eigenvalue weighted by Crippen LogP contribution is 2.22. The fourth-order valence-electron chi connectivity index (χ4n) is 2.11. The molecule has 1 aromatic rings. The van der Waals surface area contributed by atoms with Crippen LogP contribution in [0.4, 0.5) is 0 Å². The van der Waals surface area contributed by atoms with Crippen LogP contribution in [0.3, 0.4) is 0 Å². The largest absolute Gasteiger partial charge is 0.492 e. The molecule has 90 valence electrons. The van der Waals surface area contributed by atoms with Gasteiger partial charge in [-0.05, 0) is 25.5 Å². The van der Waals surface area contributed by atoms with E-state index in [1.54, 1.807) is 0 Å². The quantitative estimate of drug-likeness (QED) is 0.746. The third kappa shape index (κ3) is 3.47. The maximum absolute atomic E-state index is 8.49. The molecule has 0 fully saturated rings. The minimum atomic E-state index is 0.668. The number of ether oxygens (including phenoxy) is 1. The maximum Gasteiger partial charge on any atom is 0.123 e. The summed E-state index contributed by atoms with van der Waals surface area (Å²) in [6.45, 7) is 3.75. The first-order chi connectivity index (χ1) is 8.40. The number of nitriles is 1. The standard InChI is InChI=1S/C14H18N2O/c15-8-4-1-5-9-16-10-11-17-14-7-3-2-6-13(14)12-16/h2-3,6-7H,1,4-5,9-12H2. The molecule has 0 N–H and O–H groups in total. The smallest absolute Gasteiger partial charge is 0.123 e. The molecule has 0 saturated carbocycles. The van der Waals surface area contributed by atoms with Crippen molar-refractivity contribution in [3.63, 3.8) is 0 Å². The Hall–Kier alpha value is -1.53. The van der Waals surface area contributed by atoms with Crippen LogP contribution in [0.25, 0.3) is 0 Å². The van der Waals surface area contributed by atoms with E-state index in [0.717, 1.165) is 44.8 Å². The Labute approximate surface area is 103 Å². The summed E-state index contributed by atoms with van der Waals surface area (Å²) in [5.74, 6) is 1.02. The summed E-state index contributed by atoms with van der Waals surface area (Å²) >= 11 is 0. The van der Waals surface area contributed by atoms with Crippen molar-refractivity contribution in [2.24, 2.45) is 0 Å². The molecule has 1 heterocycles. The Morgan fingerprint density at radius 2 is 2.18 bits per heavy atom. The number of unbranched alkanes of at least 4 members (excludes halogenated alkanes) is 2. The number of nitrogens with zero attached hydrogens (tertiary/aromatic N) is 2. The van der Waals surface area contributed by atoms with Gasteiger partial charge in [0.05, 0.1) is 6.07 Å². The van der Waals surface area contributed by atoms with Gasteiger partial charge in [-0.2, -0.15) is 5.26 Å². The molecule has 0 bridgehead atoms. The number of fused-ring (bicyclic) bond motifs is 1. The second-order valence-electron chi connectivity index (χ2n) is 4.35. The second-order valence-corrected chi connectivity index (χ2v) is 4.35. The van der Waals surface area contributed by atoms with Crippen molar-refractivity contribution in [2.45, 2.75) is 25.8 Å². The Bertz CT molecular complexity index is 397. The first kappa shape index (κ1) is 11.9. The molecule has 1 aromatic carbocycles. The van der Waals surface area contributed by atoms with E-state index in [1.165, 1.54) is 5.56 Å². The molecular formula is C14H18N2O. The van der Waals surface area contributed by atoms with Crippen LogP contribution in [0.1, 0.15) is 24.8 Å². The molecule has 0 aromatic heterocycles. The van der Waals surface area contributed by atoms with Crippen molar-refractivity contribution in [1.82, 2.24) is 4.90 Å². The normalized spacial score (nSPS) is 15.5. The highest BCUT2D eigenvalue weighted by atomic mass is 16.5. The number of benzene rings is 1. The van der Waals surface area contributed by atoms with E-state index in [0.29, 0.717) is 6.42 Å². The number of hydrogen-bond acceptors (Lipinski definition) is 3. The van der Waals surface area contributed by atoms with E-state index in [9.17, 15) is 0 Å². The molecule has 1 aliphatic heterocycles. The zero-order chi connectivity index (χ0) is 11.9. The van der Waals surface area contributed by atoms with Crippen molar-refractivity contribution in [3.8, 4) is 11.8 Å². The van der Waals surface area contributed by atoms with Crippen molar-refractivity contribution >= 4 is 0 Å². The van der Waals surface area contributed by atoms with Gasteiger partial charge >= 0.3 is 0 Å². The third-order valence-electron chi connectivity index (χ3n) is 3.04. The van der Waals surface area contributed by atoms with Gasteiger partial charge in [0.25, 0.3) is 0 Å². The zero-order valence-corrected chi connectivity index (χ0v) is 10.1. The highest BCUT2D eigenvalue weighted by molar-refractivity contribution is 5.33. The lowest BCUT2D eigenvalue weighted by atomic mass is 10.2. The van der Waals surface area contributed by atoms with Crippen molar-refractivity contribution in [3.05, 3.63) is 29.8 Å². The Morgan fingerprint density at radius 3 is 3.06 bits per heavy atom. The summed E-state index contributed by atoms with van der Waals surface area (Å²) in [7, 11) is 0. The number of para-hydroxylation sites is 1. The van der Waals surface area contributed by atoms with Gasteiger partial charge in [0.2, 0.25) is 0 Å². The van der Waals surface area contributed by atoms with E-state index in [4.69, 9.17) is 10.00 Å². The van der Waals surface area contributed by atoms with Crippen LogP contribution in [-0.2, 0) is 6.54 Å². The molecule has 0 radical (unpaired) electrons. The topological polar surface area (TPSA) is 36.3 Å². The van der Waals surface area contributed by atoms with Gasteiger partial charge in [-0.15, -0.1) is 0 Å². The van der Waals surface area contributed by atoms with E-state index in [1.807, 2.05) is 12.1 Å². The van der Waals surface area contributed by atoms with Gasteiger partial charge in [0.15, 0.2) is 0 Å². The fourth-order valence-corrected chi connectivity index (χ4v) is 2.11. The molecule has 3 heteroatoms. The van der Waals surface area contributed by atoms with E-state index >= 15 is 0 Å². The average Bonchev–Trinajstić information content (AvgIpc) is 2.56. The molecule has 2 rings (SSSR count). The van der Waals surface area contributed by atoms with E-state index in [2.05, 4.69) is 23.1 Å². The summed E-state index contributed by atoms with van der Waals surface area (Å²) in [6, 6.07) is 10.4. The van der Waals surface area contributed by atoms with E-state index in [-0.39, 0.29) is 0 Å². The van der Waals surface area contributed by atoms with Gasteiger partial charge in [0.1, 0.15) is 12.4 Å². The van der Waals surface area contributed by atoms with Crippen LogP contribution in [0, 0.1) is 11.3 Å². The summed E-state index contributed by atoms with van der Waals surface area (Å²) in [6.07, 6.45) is 2.76. The van der Waals surface area contributed by atoms with Crippen LogP contribution in [-0.4, -0.2) is 24.6 Å². The summed E-state index contributed by atoms with van der Waals surface area (Å²) in [5, 5.41) is 8.49. The first-order valence-corrected chi connectivity index (χ1v) is 6.20. The predicted molar refractivity (Wildman–Crippen MR) is 66.7 cm³/mol. The van der Waals surface area contributed by atoms with Crippen LogP contribution in [0.5, 0.6) is 5.75 Å². The van der Waals surface area contributed by atoms with Gasteiger partial charge in [-0.25, -0.2) is 0 Å². The monoisotopic (exact) mass is 230 g/mol. The van der Waals surface area contributed by atoms with Gasteiger partial charge < -0.3 is 4.74 Å². The summed E-state index contributed by atoms with van der Waals surface area (Å²) < 4.78 is 5.71.